The molecule has 0 aliphatic rings. The normalized spacial score (nSPS) is 9.44. The van der Waals surface area contributed by atoms with Crippen molar-refractivity contribution in [3.8, 4) is 0 Å². The first-order chi connectivity index (χ1) is 4.20. The van der Waals surface area contributed by atoms with Gasteiger partial charge in [0, 0.05) is 0 Å². The molecule has 0 bridgehead atoms. The molecule has 1 aromatic rings. The molecule has 9 heavy (non-hydrogen) atoms. The molecule has 48 valence electrons. The molecule has 0 amide bonds. The Morgan fingerprint density at radius 3 is 2.67 bits per heavy atom. The third-order valence-electron chi connectivity index (χ3n) is 0.978. The number of aryl methyl sites for hydroxylation is 1. The van der Waals surface area contributed by atoms with Crippen LogP contribution in [0.15, 0.2) is 16.7 Å². The smallest absolute Gasteiger partial charge is 0.338 e. The highest BCUT2D eigenvalue weighted by molar-refractivity contribution is 5.87. The maximum Gasteiger partial charge on any atom is 0.338 e. The van der Waals surface area contributed by atoms with Gasteiger partial charge in [-0.1, -0.05) is 0 Å². The lowest BCUT2D eigenvalue weighted by molar-refractivity contribution is 0.0696. The fourth-order valence-corrected chi connectivity index (χ4v) is 0.556. The molecule has 1 heterocycles. The van der Waals surface area contributed by atoms with Gasteiger partial charge in [-0.2, -0.15) is 0 Å². The summed E-state index contributed by atoms with van der Waals surface area (Å²) in [6.07, 6.45) is 1.22. The minimum atomic E-state index is -0.952. The summed E-state index contributed by atoms with van der Waals surface area (Å²) in [5, 5.41) is 8.34. The van der Waals surface area contributed by atoms with Crippen LogP contribution in [0.3, 0.4) is 0 Å². The minimum absolute atomic E-state index is 0.201. The largest absolute Gasteiger partial charge is 0.478 e. The van der Waals surface area contributed by atoms with Crippen LogP contribution in [0.5, 0.6) is 0 Å². The number of aromatic carboxylic acids is 1. The quantitative estimate of drug-likeness (QED) is 0.616. The lowest BCUT2D eigenvalue weighted by atomic mass is 10.3. The van der Waals surface area contributed by atoms with Gasteiger partial charge in [-0.3, -0.25) is 0 Å². The van der Waals surface area contributed by atoms with E-state index in [2.05, 4.69) is 0 Å². The van der Waals surface area contributed by atoms with Crippen molar-refractivity contribution in [1.82, 2.24) is 0 Å². The first-order valence-electron chi connectivity index (χ1n) is 2.48. The van der Waals surface area contributed by atoms with E-state index in [1.54, 1.807) is 6.92 Å². The molecule has 3 nitrogen and oxygen atoms in total. The van der Waals surface area contributed by atoms with Crippen molar-refractivity contribution in [2.75, 3.05) is 0 Å². The van der Waals surface area contributed by atoms with Gasteiger partial charge in [0.25, 0.3) is 0 Å². The van der Waals surface area contributed by atoms with E-state index in [9.17, 15) is 4.79 Å². The fourth-order valence-electron chi connectivity index (χ4n) is 0.556. The summed E-state index contributed by atoms with van der Waals surface area (Å²) in [5.74, 6) is -0.334. The Morgan fingerprint density at radius 1 is 1.78 bits per heavy atom. The molecule has 0 saturated heterocycles. The predicted molar refractivity (Wildman–Crippen MR) is 30.4 cm³/mol. The molecule has 1 aromatic heterocycles. The van der Waals surface area contributed by atoms with Gasteiger partial charge in [0.15, 0.2) is 0 Å². The molecule has 0 aliphatic heterocycles. The van der Waals surface area contributed by atoms with Gasteiger partial charge in [-0.05, 0) is 13.0 Å². The predicted octanol–water partition coefficient (Wildman–Crippen LogP) is 1.29. The number of carbonyl (C=O) groups is 1. The van der Waals surface area contributed by atoms with Crippen molar-refractivity contribution in [2.24, 2.45) is 0 Å². The first-order valence-corrected chi connectivity index (χ1v) is 2.48. The van der Waals surface area contributed by atoms with Crippen molar-refractivity contribution < 1.29 is 14.3 Å². The summed E-state index contributed by atoms with van der Waals surface area (Å²) in [7, 11) is 0. The zero-order valence-corrected chi connectivity index (χ0v) is 4.92. The van der Waals surface area contributed by atoms with Crippen LogP contribution < -0.4 is 0 Å². The fraction of sp³-hybridized carbons (Fsp3) is 0.167. The SMILES string of the molecule is Cc1cc(C(=O)O)co1. The zero-order valence-electron chi connectivity index (χ0n) is 4.92. The Hall–Kier alpha value is -1.25. The van der Waals surface area contributed by atoms with Crippen LogP contribution in [-0.4, -0.2) is 11.1 Å². The number of hydrogen-bond donors (Lipinski definition) is 1. The Labute approximate surface area is 51.9 Å². The Bertz CT molecular complexity index is 224. The summed E-state index contributed by atoms with van der Waals surface area (Å²) in [6, 6.07) is 1.47. The maximum atomic E-state index is 10.2. The molecule has 0 spiro atoms. The second-order valence-corrected chi connectivity index (χ2v) is 1.75. The van der Waals surface area contributed by atoms with Crippen molar-refractivity contribution in [3.63, 3.8) is 0 Å². The van der Waals surface area contributed by atoms with Crippen molar-refractivity contribution in [3.05, 3.63) is 23.7 Å². The van der Waals surface area contributed by atoms with Crippen LogP contribution in [0.1, 0.15) is 16.1 Å². The van der Waals surface area contributed by atoms with Crippen LogP contribution in [0.25, 0.3) is 0 Å². The number of carboxylic acids is 1. The molecule has 0 fully saturated rings. The van der Waals surface area contributed by atoms with E-state index in [0.717, 1.165) is 0 Å². The molecule has 0 aliphatic carbocycles. The lowest BCUT2D eigenvalue weighted by Gasteiger charge is -1.77. The highest BCUT2D eigenvalue weighted by Crippen LogP contribution is 2.04. The number of hydrogen-bond acceptors (Lipinski definition) is 2. The molecule has 1 N–H and O–H groups in total. The third-order valence-corrected chi connectivity index (χ3v) is 0.978. The molecule has 0 aromatic carbocycles. The molecule has 0 unspecified atom stereocenters. The average molecular weight is 126 g/mol. The Balaban J connectivity index is 2.98. The second kappa shape index (κ2) is 1.93. The molecular formula is C6H6O3. The van der Waals surface area contributed by atoms with Gasteiger partial charge in [0.1, 0.15) is 12.0 Å². The van der Waals surface area contributed by atoms with Gasteiger partial charge in [0.05, 0.1) is 5.56 Å². The highest BCUT2D eigenvalue weighted by atomic mass is 16.4. The van der Waals surface area contributed by atoms with Gasteiger partial charge in [0.2, 0.25) is 0 Å². The topological polar surface area (TPSA) is 50.4 Å². The number of rotatable bonds is 1. The molecule has 0 radical (unpaired) electrons. The maximum absolute atomic E-state index is 10.2. The highest BCUT2D eigenvalue weighted by Gasteiger charge is 2.03. The minimum Gasteiger partial charge on any atom is -0.478 e. The molecule has 3 heteroatoms. The van der Waals surface area contributed by atoms with Crippen molar-refractivity contribution in [2.45, 2.75) is 6.92 Å². The summed E-state index contributed by atoms with van der Waals surface area (Å²) in [4.78, 5) is 10.2. The zero-order chi connectivity index (χ0) is 6.85. The average Bonchev–Trinajstić information content (AvgIpc) is 2.14. The second-order valence-electron chi connectivity index (χ2n) is 1.75. The van der Waals surface area contributed by atoms with Crippen LogP contribution in [0.2, 0.25) is 0 Å². The molecule has 1 rings (SSSR count). The van der Waals surface area contributed by atoms with E-state index < -0.39 is 5.97 Å². The van der Waals surface area contributed by atoms with Crippen LogP contribution in [-0.2, 0) is 0 Å². The van der Waals surface area contributed by atoms with E-state index in [-0.39, 0.29) is 5.56 Å². The lowest BCUT2D eigenvalue weighted by Crippen LogP contribution is -1.91. The molecule has 0 saturated carbocycles. The first kappa shape index (κ1) is 5.88. The van der Waals surface area contributed by atoms with Gasteiger partial charge in [-0.25, -0.2) is 4.79 Å². The Morgan fingerprint density at radius 2 is 2.44 bits per heavy atom. The van der Waals surface area contributed by atoms with Crippen LogP contribution >= 0.6 is 0 Å². The van der Waals surface area contributed by atoms with E-state index in [0.29, 0.717) is 5.76 Å². The van der Waals surface area contributed by atoms with E-state index in [4.69, 9.17) is 9.52 Å². The van der Waals surface area contributed by atoms with Gasteiger partial charge < -0.3 is 9.52 Å². The number of carboxylic acid groups (broad SMARTS) is 1. The van der Waals surface area contributed by atoms with Crippen molar-refractivity contribution in [1.29, 1.82) is 0 Å². The summed E-state index contributed by atoms with van der Waals surface area (Å²) < 4.78 is 4.74. The van der Waals surface area contributed by atoms with E-state index in [1.807, 2.05) is 0 Å². The van der Waals surface area contributed by atoms with E-state index >= 15 is 0 Å². The third kappa shape index (κ3) is 1.10. The van der Waals surface area contributed by atoms with Gasteiger partial charge >= 0.3 is 5.97 Å². The van der Waals surface area contributed by atoms with Crippen molar-refractivity contribution >= 4 is 5.97 Å². The molecule has 0 atom stereocenters. The van der Waals surface area contributed by atoms with Gasteiger partial charge in [-0.15, -0.1) is 0 Å². The summed E-state index contributed by atoms with van der Waals surface area (Å²) in [5.41, 5.74) is 0.201. The van der Waals surface area contributed by atoms with E-state index in [1.165, 1.54) is 12.3 Å². The van der Waals surface area contributed by atoms with Crippen LogP contribution in [0.4, 0.5) is 0 Å². The standard InChI is InChI=1S/C6H6O3/c1-4-2-5(3-9-4)6(7)8/h2-3H,1H3,(H,7,8). The van der Waals surface area contributed by atoms with Crippen LogP contribution in [0, 0.1) is 6.92 Å². The summed E-state index contributed by atoms with van der Waals surface area (Å²) in [6.45, 7) is 1.70. The number of furan rings is 1. The summed E-state index contributed by atoms with van der Waals surface area (Å²) >= 11 is 0. The molecular weight excluding hydrogens is 120 g/mol. The monoisotopic (exact) mass is 126 g/mol. The Kier molecular flexibility index (Phi) is 1.26.